The highest BCUT2D eigenvalue weighted by Crippen LogP contribution is 2.98. The minimum absolute atomic E-state index is 0.101. The Balaban J connectivity index is 1.82. The number of hydrogen-bond acceptors (Lipinski definition) is 2. The lowest BCUT2D eigenvalue weighted by Crippen LogP contribution is -2.29. The first-order chi connectivity index (χ1) is 5.33. The van der Waals surface area contributed by atoms with Crippen LogP contribution in [0.3, 0.4) is 0 Å². The van der Waals surface area contributed by atoms with Crippen LogP contribution in [0.15, 0.2) is 0 Å². The van der Waals surface area contributed by atoms with Gasteiger partial charge in [-0.25, -0.2) is 0 Å². The maximum Gasteiger partial charge on any atom is 0.312 e. The molecule has 0 N–H and O–H groups in total. The molecule has 0 spiro atoms. The third kappa shape index (κ3) is 0.256. The number of esters is 1. The second kappa shape index (κ2) is 1.05. The molecule has 58 valence electrons. The van der Waals surface area contributed by atoms with Crippen LogP contribution in [0.4, 0.5) is 0 Å². The molecule has 6 atom stereocenters. The van der Waals surface area contributed by atoms with Crippen LogP contribution in [-0.4, -0.2) is 13.1 Å². The molecule has 5 rings (SSSR count). The van der Waals surface area contributed by atoms with Gasteiger partial charge in [-0.2, -0.15) is 0 Å². The van der Waals surface area contributed by atoms with Crippen molar-refractivity contribution >= 4 is 5.97 Å². The summed E-state index contributed by atoms with van der Waals surface area (Å²) >= 11 is 0. The Labute approximate surface area is 64.9 Å². The molecule has 5 aliphatic carbocycles. The van der Waals surface area contributed by atoms with Crippen LogP contribution in [0, 0.1) is 35.0 Å². The monoisotopic (exact) mass is 150 g/mol. The SMILES string of the molecule is COC(=O)[C@@]12[C@H]3[C@H]4C[C@@H]1[C@@H]2[C@H]43. The lowest BCUT2D eigenvalue weighted by molar-refractivity contribution is -0.151. The summed E-state index contributed by atoms with van der Waals surface area (Å²) in [4.78, 5) is 11.4. The van der Waals surface area contributed by atoms with Crippen LogP contribution in [0.2, 0.25) is 0 Å². The van der Waals surface area contributed by atoms with Crippen LogP contribution in [0.25, 0.3) is 0 Å². The molecule has 0 aromatic rings. The molecule has 0 aromatic carbocycles. The van der Waals surface area contributed by atoms with Crippen molar-refractivity contribution < 1.29 is 9.53 Å². The maximum atomic E-state index is 11.4. The Bertz CT molecular complexity index is 264. The molecule has 5 aliphatic rings. The smallest absolute Gasteiger partial charge is 0.312 e. The number of methoxy groups -OCH3 is 1. The third-order valence-corrected chi connectivity index (χ3v) is 4.75. The van der Waals surface area contributed by atoms with Gasteiger partial charge in [0.25, 0.3) is 0 Å². The molecule has 2 bridgehead atoms. The summed E-state index contributed by atoms with van der Waals surface area (Å²) in [5, 5.41) is 0. The predicted octanol–water partition coefficient (Wildman–Crippen LogP) is 0.671. The lowest BCUT2D eigenvalue weighted by atomic mass is 9.85. The van der Waals surface area contributed by atoms with E-state index in [9.17, 15) is 4.79 Å². The van der Waals surface area contributed by atoms with Crippen LogP contribution in [-0.2, 0) is 9.53 Å². The molecule has 0 aliphatic heterocycles. The third-order valence-electron chi connectivity index (χ3n) is 4.75. The molecule has 0 amide bonds. The van der Waals surface area contributed by atoms with Gasteiger partial charge in [-0.05, 0) is 36.0 Å². The van der Waals surface area contributed by atoms with Gasteiger partial charge < -0.3 is 4.74 Å². The predicted molar refractivity (Wildman–Crippen MR) is 36.5 cm³/mol. The zero-order valence-corrected chi connectivity index (χ0v) is 6.41. The highest BCUT2D eigenvalue weighted by atomic mass is 16.5. The summed E-state index contributed by atoms with van der Waals surface area (Å²) in [6.45, 7) is 0. The van der Waals surface area contributed by atoms with E-state index in [1.807, 2.05) is 0 Å². The standard InChI is InChI=1S/C9H10O2/c1-11-8(10)9-4-2-3-5(6(3)9)7(4)9/h3-7H,2H2,1H3/t3-,4+,5+,6-,7+,9+/m0/s1. The summed E-state index contributed by atoms with van der Waals surface area (Å²) in [5.74, 6) is 4.35. The first kappa shape index (κ1) is 5.18. The van der Waals surface area contributed by atoms with Gasteiger partial charge >= 0.3 is 5.97 Å². The molecular formula is C9H10O2. The summed E-state index contributed by atoms with van der Waals surface area (Å²) in [6.07, 6.45) is 1.34. The summed E-state index contributed by atoms with van der Waals surface area (Å²) in [6, 6.07) is 0. The Kier molecular flexibility index (Phi) is 0.493. The van der Waals surface area contributed by atoms with Crippen molar-refractivity contribution in [2.75, 3.05) is 7.11 Å². The fraction of sp³-hybridized carbons (Fsp3) is 0.889. The van der Waals surface area contributed by atoms with Crippen LogP contribution in [0.1, 0.15) is 6.42 Å². The van der Waals surface area contributed by atoms with Crippen molar-refractivity contribution in [3.8, 4) is 0 Å². The minimum atomic E-state index is 0.101. The first-order valence-electron chi connectivity index (χ1n) is 4.42. The van der Waals surface area contributed by atoms with Crippen molar-refractivity contribution in [1.82, 2.24) is 0 Å². The molecule has 2 nitrogen and oxygen atoms in total. The quantitative estimate of drug-likeness (QED) is 0.513. The van der Waals surface area contributed by atoms with Crippen LogP contribution >= 0.6 is 0 Å². The van der Waals surface area contributed by atoms with Crippen molar-refractivity contribution in [3.05, 3.63) is 0 Å². The van der Waals surface area contributed by atoms with E-state index in [2.05, 4.69) is 0 Å². The lowest BCUT2D eigenvalue weighted by Gasteiger charge is -2.21. The highest BCUT2D eigenvalue weighted by Gasteiger charge is 2.99. The van der Waals surface area contributed by atoms with Gasteiger partial charge in [-0.3, -0.25) is 4.79 Å². The molecule has 0 radical (unpaired) electrons. The summed E-state index contributed by atoms with van der Waals surface area (Å²) in [7, 11) is 1.53. The second-order valence-corrected chi connectivity index (χ2v) is 4.56. The number of rotatable bonds is 1. The summed E-state index contributed by atoms with van der Waals surface area (Å²) in [5.41, 5.74) is 0.101. The largest absolute Gasteiger partial charge is 0.469 e. The Hall–Kier alpha value is -0.530. The zero-order chi connectivity index (χ0) is 7.38. The van der Waals surface area contributed by atoms with Gasteiger partial charge in [0, 0.05) is 0 Å². The normalized spacial score (nSPS) is 71.5. The van der Waals surface area contributed by atoms with E-state index in [-0.39, 0.29) is 11.4 Å². The van der Waals surface area contributed by atoms with Crippen molar-refractivity contribution in [2.24, 2.45) is 35.0 Å². The molecule has 5 fully saturated rings. The zero-order valence-electron chi connectivity index (χ0n) is 6.41. The second-order valence-electron chi connectivity index (χ2n) is 4.56. The van der Waals surface area contributed by atoms with E-state index >= 15 is 0 Å². The minimum Gasteiger partial charge on any atom is -0.469 e. The highest BCUT2D eigenvalue weighted by molar-refractivity contribution is 5.87. The Morgan fingerprint density at radius 2 is 2.36 bits per heavy atom. The van der Waals surface area contributed by atoms with E-state index in [1.165, 1.54) is 13.5 Å². The number of carbonyl (C=O) groups is 1. The summed E-state index contributed by atoms with van der Waals surface area (Å²) < 4.78 is 4.85. The molecule has 11 heavy (non-hydrogen) atoms. The topological polar surface area (TPSA) is 26.3 Å². The molecule has 0 saturated heterocycles. The Morgan fingerprint density at radius 1 is 1.55 bits per heavy atom. The van der Waals surface area contributed by atoms with Gasteiger partial charge in [-0.1, -0.05) is 0 Å². The van der Waals surface area contributed by atoms with Crippen molar-refractivity contribution in [2.45, 2.75) is 6.42 Å². The molecule has 0 unspecified atom stereocenters. The molecule has 2 heteroatoms. The number of hydrogen-bond donors (Lipinski definition) is 0. The number of ether oxygens (including phenoxy) is 1. The van der Waals surface area contributed by atoms with Gasteiger partial charge in [0.1, 0.15) is 0 Å². The molecule has 0 aromatic heterocycles. The molecule has 5 saturated carbocycles. The van der Waals surface area contributed by atoms with Crippen molar-refractivity contribution in [3.63, 3.8) is 0 Å². The number of carbonyl (C=O) groups excluding carboxylic acids is 1. The fourth-order valence-corrected chi connectivity index (χ4v) is 4.55. The first-order valence-corrected chi connectivity index (χ1v) is 4.42. The van der Waals surface area contributed by atoms with Gasteiger partial charge in [0.05, 0.1) is 12.5 Å². The maximum absolute atomic E-state index is 11.4. The molecular weight excluding hydrogens is 140 g/mol. The fourth-order valence-electron chi connectivity index (χ4n) is 4.55. The van der Waals surface area contributed by atoms with Crippen LogP contribution < -0.4 is 0 Å². The average molecular weight is 150 g/mol. The van der Waals surface area contributed by atoms with E-state index < -0.39 is 0 Å². The van der Waals surface area contributed by atoms with Gasteiger partial charge in [0.15, 0.2) is 0 Å². The van der Waals surface area contributed by atoms with Gasteiger partial charge in [0.2, 0.25) is 0 Å². The van der Waals surface area contributed by atoms with E-state index in [0.717, 1.165) is 29.6 Å². The van der Waals surface area contributed by atoms with Crippen LogP contribution in [0.5, 0.6) is 0 Å². The Morgan fingerprint density at radius 3 is 2.73 bits per heavy atom. The van der Waals surface area contributed by atoms with Gasteiger partial charge in [-0.15, -0.1) is 0 Å². The van der Waals surface area contributed by atoms with E-state index in [1.54, 1.807) is 0 Å². The van der Waals surface area contributed by atoms with E-state index in [4.69, 9.17) is 4.74 Å². The molecule has 0 heterocycles. The van der Waals surface area contributed by atoms with Crippen molar-refractivity contribution in [1.29, 1.82) is 0 Å². The van der Waals surface area contributed by atoms with E-state index in [0.29, 0.717) is 0 Å². The average Bonchev–Trinajstić information content (AvgIpc) is 2.64.